The van der Waals surface area contributed by atoms with Crippen molar-refractivity contribution in [2.75, 3.05) is 6.54 Å². The van der Waals surface area contributed by atoms with Crippen LogP contribution in [-0.4, -0.2) is 23.5 Å². The normalized spacial score (nSPS) is 31.6. The van der Waals surface area contributed by atoms with Crippen molar-refractivity contribution in [2.24, 2.45) is 11.7 Å². The van der Waals surface area contributed by atoms with E-state index in [1.165, 1.54) is 12.1 Å². The molecule has 3 atom stereocenters. The first-order chi connectivity index (χ1) is 7.66. The van der Waals surface area contributed by atoms with Gasteiger partial charge in [-0.15, -0.1) is 0 Å². The van der Waals surface area contributed by atoms with Gasteiger partial charge in [0.15, 0.2) is 0 Å². The molecule has 1 saturated heterocycles. The molecule has 0 bridgehead atoms. The summed E-state index contributed by atoms with van der Waals surface area (Å²) in [6, 6.07) is 11.5. The highest BCUT2D eigenvalue weighted by molar-refractivity contribution is 5.14. The highest BCUT2D eigenvalue weighted by Crippen LogP contribution is 2.22. The molecule has 1 aromatic rings. The first kappa shape index (κ1) is 11.6. The van der Waals surface area contributed by atoms with E-state index in [1.54, 1.807) is 0 Å². The fraction of sp³-hybridized carbons (Fsp3) is 0.571. The molecule has 1 heterocycles. The Hall–Kier alpha value is -0.860. The largest absolute Gasteiger partial charge is 0.326 e. The van der Waals surface area contributed by atoms with Gasteiger partial charge >= 0.3 is 0 Å². The Bertz CT molecular complexity index is 323. The second-order valence-corrected chi connectivity index (χ2v) is 5.16. The molecule has 0 unspecified atom stereocenters. The predicted octanol–water partition coefficient (Wildman–Crippen LogP) is 2.24. The molecule has 2 N–H and O–H groups in total. The van der Waals surface area contributed by atoms with Crippen molar-refractivity contribution < 1.29 is 0 Å². The van der Waals surface area contributed by atoms with Gasteiger partial charge in [0.2, 0.25) is 0 Å². The lowest BCUT2D eigenvalue weighted by molar-refractivity contribution is 0.0986. The van der Waals surface area contributed by atoms with E-state index in [9.17, 15) is 0 Å². The minimum absolute atomic E-state index is 0.326. The molecule has 1 aromatic carbocycles. The van der Waals surface area contributed by atoms with Crippen LogP contribution in [0.3, 0.4) is 0 Å². The summed E-state index contributed by atoms with van der Waals surface area (Å²) in [4.78, 5) is 2.51. The van der Waals surface area contributed by atoms with Crippen LogP contribution in [0, 0.1) is 5.92 Å². The number of rotatable bonds is 2. The summed E-state index contributed by atoms with van der Waals surface area (Å²) in [6.45, 7) is 6.74. The van der Waals surface area contributed by atoms with Crippen LogP contribution in [0.2, 0.25) is 0 Å². The Morgan fingerprint density at radius 2 is 1.94 bits per heavy atom. The van der Waals surface area contributed by atoms with Crippen molar-refractivity contribution >= 4 is 0 Å². The first-order valence-corrected chi connectivity index (χ1v) is 6.20. The third-order valence-corrected chi connectivity index (χ3v) is 3.64. The van der Waals surface area contributed by atoms with E-state index in [-0.39, 0.29) is 0 Å². The van der Waals surface area contributed by atoms with E-state index in [4.69, 9.17) is 5.73 Å². The summed E-state index contributed by atoms with van der Waals surface area (Å²) in [7, 11) is 0. The summed E-state index contributed by atoms with van der Waals surface area (Å²) >= 11 is 0. The molecule has 0 spiro atoms. The molecule has 1 fully saturated rings. The number of hydrogen-bond acceptors (Lipinski definition) is 2. The van der Waals surface area contributed by atoms with Crippen LogP contribution >= 0.6 is 0 Å². The Morgan fingerprint density at radius 1 is 1.25 bits per heavy atom. The number of nitrogens with zero attached hydrogens (tertiary/aromatic N) is 1. The molecular weight excluding hydrogens is 196 g/mol. The lowest BCUT2D eigenvalue weighted by atomic mass is 9.90. The molecule has 88 valence electrons. The van der Waals surface area contributed by atoms with Gasteiger partial charge in [-0.25, -0.2) is 0 Å². The second-order valence-electron chi connectivity index (χ2n) is 5.16. The molecule has 0 amide bonds. The number of benzene rings is 1. The van der Waals surface area contributed by atoms with E-state index in [0.717, 1.165) is 18.9 Å². The zero-order valence-corrected chi connectivity index (χ0v) is 10.3. The Balaban J connectivity index is 2.03. The molecule has 2 heteroatoms. The van der Waals surface area contributed by atoms with Crippen molar-refractivity contribution in [1.82, 2.24) is 4.90 Å². The van der Waals surface area contributed by atoms with Crippen LogP contribution in [0.25, 0.3) is 0 Å². The lowest BCUT2D eigenvalue weighted by Crippen LogP contribution is -2.52. The molecule has 0 radical (unpaired) electrons. The minimum atomic E-state index is 0.326. The quantitative estimate of drug-likeness (QED) is 0.825. The van der Waals surface area contributed by atoms with E-state index in [2.05, 4.69) is 49.1 Å². The fourth-order valence-electron chi connectivity index (χ4n) is 2.60. The maximum Gasteiger partial charge on any atom is 0.0237 e. The minimum Gasteiger partial charge on any atom is -0.326 e. The SMILES string of the molecule is C[C@H]1C[C@H](N)[C@H](C)N(Cc2ccccc2)C1. The van der Waals surface area contributed by atoms with Gasteiger partial charge in [-0.1, -0.05) is 37.3 Å². The van der Waals surface area contributed by atoms with Gasteiger partial charge in [0, 0.05) is 25.2 Å². The molecule has 0 saturated carbocycles. The van der Waals surface area contributed by atoms with Gasteiger partial charge in [0.1, 0.15) is 0 Å². The molecule has 1 aliphatic rings. The average molecular weight is 218 g/mol. The summed E-state index contributed by atoms with van der Waals surface area (Å²) in [5, 5.41) is 0. The van der Waals surface area contributed by atoms with Crippen LogP contribution < -0.4 is 5.73 Å². The van der Waals surface area contributed by atoms with Gasteiger partial charge in [-0.3, -0.25) is 4.90 Å². The van der Waals surface area contributed by atoms with Gasteiger partial charge in [-0.05, 0) is 24.8 Å². The first-order valence-electron chi connectivity index (χ1n) is 6.20. The van der Waals surface area contributed by atoms with Crippen molar-refractivity contribution in [3.05, 3.63) is 35.9 Å². The Labute approximate surface area is 98.4 Å². The smallest absolute Gasteiger partial charge is 0.0237 e. The maximum absolute atomic E-state index is 6.17. The van der Waals surface area contributed by atoms with Gasteiger partial charge in [0.25, 0.3) is 0 Å². The predicted molar refractivity (Wildman–Crippen MR) is 68.1 cm³/mol. The van der Waals surface area contributed by atoms with Gasteiger partial charge in [-0.2, -0.15) is 0 Å². The van der Waals surface area contributed by atoms with Crippen LogP contribution in [0.15, 0.2) is 30.3 Å². The zero-order valence-electron chi connectivity index (χ0n) is 10.3. The van der Waals surface area contributed by atoms with E-state index in [0.29, 0.717) is 12.1 Å². The van der Waals surface area contributed by atoms with Crippen molar-refractivity contribution in [1.29, 1.82) is 0 Å². The molecular formula is C14H22N2. The Morgan fingerprint density at radius 3 is 2.62 bits per heavy atom. The van der Waals surface area contributed by atoms with E-state index in [1.807, 2.05) is 0 Å². The lowest BCUT2D eigenvalue weighted by Gasteiger charge is -2.40. The Kier molecular flexibility index (Phi) is 3.62. The van der Waals surface area contributed by atoms with Crippen LogP contribution in [0.4, 0.5) is 0 Å². The standard InChI is InChI=1S/C14H22N2/c1-11-8-14(15)12(2)16(9-11)10-13-6-4-3-5-7-13/h3-7,11-12,14H,8-10,15H2,1-2H3/t11-,12-,14-/m0/s1. The van der Waals surface area contributed by atoms with E-state index >= 15 is 0 Å². The van der Waals surface area contributed by atoms with Crippen molar-refractivity contribution in [3.63, 3.8) is 0 Å². The summed E-state index contributed by atoms with van der Waals surface area (Å²) in [6.07, 6.45) is 1.16. The number of nitrogens with two attached hydrogens (primary N) is 1. The fourth-order valence-corrected chi connectivity index (χ4v) is 2.60. The van der Waals surface area contributed by atoms with Crippen LogP contribution in [0.1, 0.15) is 25.8 Å². The average Bonchev–Trinajstić information content (AvgIpc) is 2.27. The van der Waals surface area contributed by atoms with Crippen molar-refractivity contribution in [2.45, 2.75) is 38.9 Å². The summed E-state index contributed by atoms with van der Waals surface area (Å²) in [5.74, 6) is 0.718. The van der Waals surface area contributed by atoms with Gasteiger partial charge < -0.3 is 5.73 Å². The van der Waals surface area contributed by atoms with Crippen LogP contribution in [0.5, 0.6) is 0 Å². The van der Waals surface area contributed by atoms with Crippen LogP contribution in [-0.2, 0) is 6.54 Å². The number of hydrogen-bond donors (Lipinski definition) is 1. The monoisotopic (exact) mass is 218 g/mol. The third-order valence-electron chi connectivity index (χ3n) is 3.64. The summed E-state index contributed by atoms with van der Waals surface area (Å²) in [5.41, 5.74) is 7.56. The maximum atomic E-state index is 6.17. The highest BCUT2D eigenvalue weighted by Gasteiger charge is 2.28. The molecule has 2 nitrogen and oxygen atoms in total. The third kappa shape index (κ3) is 2.63. The number of piperidine rings is 1. The number of likely N-dealkylation sites (tertiary alicyclic amines) is 1. The molecule has 16 heavy (non-hydrogen) atoms. The molecule has 2 rings (SSSR count). The summed E-state index contributed by atoms with van der Waals surface area (Å²) < 4.78 is 0. The van der Waals surface area contributed by atoms with Crippen molar-refractivity contribution in [3.8, 4) is 0 Å². The zero-order chi connectivity index (χ0) is 11.5. The highest BCUT2D eigenvalue weighted by atomic mass is 15.2. The topological polar surface area (TPSA) is 29.3 Å². The molecule has 0 aromatic heterocycles. The second kappa shape index (κ2) is 4.98. The van der Waals surface area contributed by atoms with E-state index < -0.39 is 0 Å². The van der Waals surface area contributed by atoms with Gasteiger partial charge in [0.05, 0.1) is 0 Å². The molecule has 1 aliphatic heterocycles. The molecule has 0 aliphatic carbocycles.